The lowest BCUT2D eigenvalue weighted by Crippen LogP contribution is -2.34. The van der Waals surface area contributed by atoms with Crippen molar-refractivity contribution in [2.24, 2.45) is 11.8 Å². The molecular weight excluding hydrogens is 240 g/mol. The van der Waals surface area contributed by atoms with Crippen molar-refractivity contribution in [1.82, 2.24) is 0 Å². The Morgan fingerprint density at radius 3 is 2.74 bits per heavy atom. The summed E-state index contributed by atoms with van der Waals surface area (Å²) in [5, 5.41) is 0. The summed E-state index contributed by atoms with van der Waals surface area (Å²) in [6, 6.07) is 0. The smallest absolute Gasteiger partial charge is 0.336 e. The molecule has 1 heterocycles. The van der Waals surface area contributed by atoms with Crippen molar-refractivity contribution in [1.29, 1.82) is 0 Å². The van der Waals surface area contributed by atoms with Crippen LogP contribution in [0.4, 0.5) is 0 Å². The molecule has 0 bridgehead atoms. The van der Waals surface area contributed by atoms with Gasteiger partial charge in [-0.1, -0.05) is 24.3 Å². The lowest BCUT2D eigenvalue weighted by Gasteiger charge is -2.28. The summed E-state index contributed by atoms with van der Waals surface area (Å²) in [5.74, 6) is -0.303. The number of hydrogen-bond acceptors (Lipinski definition) is 3. The van der Waals surface area contributed by atoms with E-state index in [1.54, 1.807) is 7.11 Å². The van der Waals surface area contributed by atoms with Crippen LogP contribution >= 0.6 is 0 Å². The Morgan fingerprint density at radius 2 is 2.05 bits per heavy atom. The van der Waals surface area contributed by atoms with Gasteiger partial charge in [-0.15, -0.1) is 0 Å². The van der Waals surface area contributed by atoms with E-state index in [1.165, 1.54) is 5.57 Å². The van der Waals surface area contributed by atoms with Crippen LogP contribution in [0.2, 0.25) is 0 Å². The van der Waals surface area contributed by atoms with E-state index in [4.69, 9.17) is 9.47 Å². The van der Waals surface area contributed by atoms with Crippen molar-refractivity contribution in [3.05, 3.63) is 35.5 Å². The van der Waals surface area contributed by atoms with E-state index in [2.05, 4.69) is 13.2 Å². The number of esters is 1. The van der Waals surface area contributed by atoms with Crippen LogP contribution in [0.5, 0.6) is 0 Å². The molecule has 2 fully saturated rings. The first-order valence-electron chi connectivity index (χ1n) is 6.82. The van der Waals surface area contributed by atoms with E-state index in [0.29, 0.717) is 23.8 Å². The number of methoxy groups -OCH3 is 1. The van der Waals surface area contributed by atoms with Crippen LogP contribution in [0, 0.1) is 11.8 Å². The zero-order chi connectivity index (χ0) is 13.8. The highest BCUT2D eigenvalue weighted by Crippen LogP contribution is 2.53. The van der Waals surface area contributed by atoms with E-state index < -0.39 is 5.79 Å². The number of allylic oxidation sites excluding steroid dienone is 1. The summed E-state index contributed by atoms with van der Waals surface area (Å²) < 4.78 is 11.1. The number of carbonyl (C=O) groups is 1. The van der Waals surface area contributed by atoms with Gasteiger partial charge in [-0.05, 0) is 38.0 Å². The molecule has 3 nitrogen and oxygen atoms in total. The number of rotatable bonds is 1. The van der Waals surface area contributed by atoms with Crippen molar-refractivity contribution < 1.29 is 14.3 Å². The Hall–Kier alpha value is -1.35. The minimum atomic E-state index is -0.900. The first kappa shape index (κ1) is 12.7. The second kappa shape index (κ2) is 4.07. The summed E-state index contributed by atoms with van der Waals surface area (Å²) in [5.41, 5.74) is 4.10. The molecule has 0 spiro atoms. The fourth-order valence-corrected chi connectivity index (χ4v) is 3.82. The van der Waals surface area contributed by atoms with Gasteiger partial charge >= 0.3 is 5.97 Å². The SMILES string of the molecule is C=C1CC2(OC)OC(=O)C(C)=C2CC2C(=C)CCC12. The standard InChI is InChI=1S/C16H20O3/c1-9-5-6-12-10(2)8-16(18-4)14(7-13(9)12)11(3)15(17)19-16/h12-13H,1-2,5-8H2,3-4H3. The highest BCUT2D eigenvalue weighted by molar-refractivity contribution is 5.92. The lowest BCUT2D eigenvalue weighted by atomic mass is 9.86. The Kier molecular flexibility index (Phi) is 2.72. The molecule has 0 aromatic carbocycles. The van der Waals surface area contributed by atoms with Gasteiger partial charge in [0.15, 0.2) is 0 Å². The van der Waals surface area contributed by atoms with Crippen molar-refractivity contribution >= 4 is 5.97 Å². The molecule has 0 N–H and O–H groups in total. The third kappa shape index (κ3) is 1.64. The average molecular weight is 260 g/mol. The molecule has 3 atom stereocenters. The number of hydrogen-bond donors (Lipinski definition) is 0. The lowest BCUT2D eigenvalue weighted by molar-refractivity contribution is -0.192. The van der Waals surface area contributed by atoms with Gasteiger partial charge in [0.1, 0.15) is 0 Å². The molecule has 3 heteroatoms. The molecule has 2 aliphatic carbocycles. The van der Waals surface area contributed by atoms with Gasteiger partial charge in [0.05, 0.1) is 0 Å². The maximum absolute atomic E-state index is 11.9. The van der Waals surface area contributed by atoms with E-state index in [1.807, 2.05) is 6.92 Å². The molecule has 0 radical (unpaired) electrons. The molecule has 0 aromatic heterocycles. The van der Waals surface area contributed by atoms with Gasteiger partial charge in [0.2, 0.25) is 5.79 Å². The zero-order valence-electron chi connectivity index (χ0n) is 11.6. The first-order chi connectivity index (χ1) is 8.98. The Labute approximate surface area is 114 Å². The summed E-state index contributed by atoms with van der Waals surface area (Å²) >= 11 is 0. The number of ether oxygens (including phenoxy) is 2. The van der Waals surface area contributed by atoms with Gasteiger partial charge in [-0.25, -0.2) is 4.79 Å². The molecule has 0 amide bonds. The van der Waals surface area contributed by atoms with Crippen molar-refractivity contribution in [3.8, 4) is 0 Å². The van der Waals surface area contributed by atoms with Gasteiger partial charge < -0.3 is 9.47 Å². The highest BCUT2D eigenvalue weighted by Gasteiger charge is 2.52. The Balaban J connectivity index is 2.08. The van der Waals surface area contributed by atoms with Crippen LogP contribution in [-0.2, 0) is 14.3 Å². The van der Waals surface area contributed by atoms with E-state index in [-0.39, 0.29) is 5.97 Å². The minimum Gasteiger partial charge on any atom is -0.425 e. The fourth-order valence-electron chi connectivity index (χ4n) is 3.82. The van der Waals surface area contributed by atoms with E-state index in [9.17, 15) is 4.79 Å². The van der Waals surface area contributed by atoms with E-state index in [0.717, 1.165) is 30.4 Å². The van der Waals surface area contributed by atoms with Crippen LogP contribution in [-0.4, -0.2) is 18.9 Å². The number of carbonyl (C=O) groups excluding carboxylic acids is 1. The molecule has 102 valence electrons. The minimum absolute atomic E-state index is 0.258. The third-order valence-corrected chi connectivity index (χ3v) is 5.00. The summed E-state index contributed by atoms with van der Waals surface area (Å²) in [6.45, 7) is 10.2. The van der Waals surface area contributed by atoms with Gasteiger partial charge in [-0.3, -0.25) is 0 Å². The van der Waals surface area contributed by atoms with Gasteiger partial charge in [0, 0.05) is 24.7 Å². The van der Waals surface area contributed by atoms with Crippen molar-refractivity contribution in [2.75, 3.05) is 7.11 Å². The average Bonchev–Trinajstić information content (AvgIpc) is 2.80. The molecule has 2 saturated carbocycles. The first-order valence-corrected chi connectivity index (χ1v) is 6.82. The normalized spacial score (nSPS) is 38.1. The predicted molar refractivity (Wildman–Crippen MR) is 72.3 cm³/mol. The summed E-state index contributed by atoms with van der Waals surface area (Å²) in [7, 11) is 1.61. The summed E-state index contributed by atoms with van der Waals surface area (Å²) in [6.07, 6.45) is 3.57. The van der Waals surface area contributed by atoms with Crippen LogP contribution < -0.4 is 0 Å². The largest absolute Gasteiger partial charge is 0.425 e. The van der Waals surface area contributed by atoms with Crippen molar-refractivity contribution in [2.45, 2.75) is 38.4 Å². The maximum atomic E-state index is 11.9. The topological polar surface area (TPSA) is 35.5 Å². The second-order valence-corrected chi connectivity index (χ2v) is 5.90. The van der Waals surface area contributed by atoms with Crippen LogP contribution in [0.25, 0.3) is 0 Å². The van der Waals surface area contributed by atoms with Crippen LogP contribution in [0.3, 0.4) is 0 Å². The molecule has 3 unspecified atom stereocenters. The Morgan fingerprint density at radius 1 is 1.32 bits per heavy atom. The predicted octanol–water partition coefficient (Wildman–Crippen LogP) is 3.13. The molecule has 0 saturated heterocycles. The van der Waals surface area contributed by atoms with Gasteiger partial charge in [0.25, 0.3) is 0 Å². The molecule has 19 heavy (non-hydrogen) atoms. The second-order valence-electron chi connectivity index (χ2n) is 5.90. The molecule has 1 aliphatic heterocycles. The molecule has 3 aliphatic rings. The van der Waals surface area contributed by atoms with Crippen LogP contribution in [0.15, 0.2) is 35.5 Å². The molecular formula is C16H20O3. The zero-order valence-corrected chi connectivity index (χ0v) is 11.6. The monoisotopic (exact) mass is 260 g/mol. The fraction of sp³-hybridized carbons (Fsp3) is 0.562. The maximum Gasteiger partial charge on any atom is 0.336 e. The van der Waals surface area contributed by atoms with E-state index >= 15 is 0 Å². The Bertz CT molecular complexity index is 514. The quantitative estimate of drug-likeness (QED) is 0.536. The molecule has 0 aromatic rings. The third-order valence-electron chi connectivity index (χ3n) is 5.00. The van der Waals surface area contributed by atoms with Crippen molar-refractivity contribution in [3.63, 3.8) is 0 Å². The van der Waals surface area contributed by atoms with Gasteiger partial charge in [-0.2, -0.15) is 0 Å². The molecule has 3 rings (SSSR count). The summed E-state index contributed by atoms with van der Waals surface area (Å²) in [4.78, 5) is 11.9. The van der Waals surface area contributed by atoms with Crippen LogP contribution in [0.1, 0.15) is 32.6 Å². The highest BCUT2D eigenvalue weighted by atomic mass is 16.7. The number of fused-ring (bicyclic) bond motifs is 2.